The zero-order chi connectivity index (χ0) is 17.8. The SMILES string of the molecule is CC1C(=O)NCCN1C(=O)c1cccc(NC(=O)c2cccnc2)c1. The van der Waals surface area contributed by atoms with Crippen LogP contribution in [0.25, 0.3) is 0 Å². The number of hydrogen-bond donors (Lipinski definition) is 2. The van der Waals surface area contributed by atoms with Crippen LogP contribution >= 0.6 is 0 Å². The van der Waals surface area contributed by atoms with Gasteiger partial charge in [0.15, 0.2) is 0 Å². The van der Waals surface area contributed by atoms with Gasteiger partial charge in [0.1, 0.15) is 6.04 Å². The minimum Gasteiger partial charge on any atom is -0.353 e. The van der Waals surface area contributed by atoms with Gasteiger partial charge in [0.25, 0.3) is 11.8 Å². The first kappa shape index (κ1) is 16.6. The van der Waals surface area contributed by atoms with E-state index in [1.54, 1.807) is 49.5 Å². The quantitative estimate of drug-likeness (QED) is 0.882. The second-order valence-electron chi connectivity index (χ2n) is 5.74. The van der Waals surface area contributed by atoms with Gasteiger partial charge in [0, 0.05) is 36.7 Å². The van der Waals surface area contributed by atoms with Crippen molar-refractivity contribution in [3.8, 4) is 0 Å². The van der Waals surface area contributed by atoms with Crippen molar-refractivity contribution >= 4 is 23.4 Å². The van der Waals surface area contributed by atoms with Crippen LogP contribution in [0.4, 0.5) is 5.69 Å². The number of hydrogen-bond acceptors (Lipinski definition) is 4. The third kappa shape index (κ3) is 3.65. The number of rotatable bonds is 3. The zero-order valence-electron chi connectivity index (χ0n) is 13.7. The molecule has 1 aromatic carbocycles. The molecule has 1 aliphatic rings. The molecule has 1 fully saturated rings. The smallest absolute Gasteiger partial charge is 0.257 e. The van der Waals surface area contributed by atoms with Gasteiger partial charge < -0.3 is 15.5 Å². The van der Waals surface area contributed by atoms with Gasteiger partial charge in [-0.2, -0.15) is 0 Å². The van der Waals surface area contributed by atoms with Crippen LogP contribution in [0.2, 0.25) is 0 Å². The third-order valence-corrected chi connectivity index (χ3v) is 4.05. The van der Waals surface area contributed by atoms with Gasteiger partial charge >= 0.3 is 0 Å². The minimum atomic E-state index is -0.519. The summed E-state index contributed by atoms with van der Waals surface area (Å²) in [6.07, 6.45) is 3.06. The molecule has 0 radical (unpaired) electrons. The van der Waals surface area contributed by atoms with Crippen LogP contribution in [-0.2, 0) is 4.79 Å². The Bertz CT molecular complexity index is 807. The van der Waals surface area contributed by atoms with Crippen molar-refractivity contribution in [3.05, 3.63) is 59.9 Å². The Morgan fingerprint density at radius 1 is 1.24 bits per heavy atom. The van der Waals surface area contributed by atoms with Crippen molar-refractivity contribution in [1.29, 1.82) is 0 Å². The molecule has 2 aromatic rings. The summed E-state index contributed by atoms with van der Waals surface area (Å²) in [7, 11) is 0. The van der Waals surface area contributed by atoms with E-state index >= 15 is 0 Å². The molecule has 7 heteroatoms. The molecule has 25 heavy (non-hydrogen) atoms. The standard InChI is InChI=1S/C18H18N4O3/c1-12-16(23)20-8-9-22(12)18(25)13-4-2-6-15(10-13)21-17(24)14-5-3-7-19-11-14/h2-7,10-12H,8-9H2,1H3,(H,20,23)(H,21,24). The fourth-order valence-electron chi connectivity index (χ4n) is 2.66. The number of aromatic nitrogens is 1. The van der Waals surface area contributed by atoms with Crippen LogP contribution in [0.15, 0.2) is 48.8 Å². The Balaban J connectivity index is 1.76. The first-order valence-electron chi connectivity index (χ1n) is 7.96. The normalized spacial score (nSPS) is 16.9. The highest BCUT2D eigenvalue weighted by Crippen LogP contribution is 2.16. The number of pyridine rings is 1. The highest BCUT2D eigenvalue weighted by Gasteiger charge is 2.29. The summed E-state index contributed by atoms with van der Waals surface area (Å²) in [5.74, 6) is -0.705. The lowest BCUT2D eigenvalue weighted by atomic mass is 10.1. The van der Waals surface area contributed by atoms with E-state index in [9.17, 15) is 14.4 Å². The molecule has 2 heterocycles. The Morgan fingerprint density at radius 3 is 2.80 bits per heavy atom. The number of anilines is 1. The Kier molecular flexibility index (Phi) is 4.74. The van der Waals surface area contributed by atoms with Crippen LogP contribution < -0.4 is 10.6 Å². The predicted molar refractivity (Wildman–Crippen MR) is 92.1 cm³/mol. The van der Waals surface area contributed by atoms with Gasteiger partial charge in [-0.3, -0.25) is 19.4 Å². The molecule has 3 amide bonds. The summed E-state index contributed by atoms with van der Waals surface area (Å²) < 4.78 is 0. The molecule has 3 rings (SSSR count). The van der Waals surface area contributed by atoms with Gasteiger partial charge in [-0.15, -0.1) is 0 Å². The van der Waals surface area contributed by atoms with Gasteiger partial charge in [-0.05, 0) is 37.3 Å². The molecule has 1 saturated heterocycles. The van der Waals surface area contributed by atoms with E-state index in [1.165, 1.54) is 11.1 Å². The number of carbonyl (C=O) groups is 3. The van der Waals surface area contributed by atoms with Crippen LogP contribution in [-0.4, -0.2) is 46.7 Å². The number of nitrogens with zero attached hydrogens (tertiary/aromatic N) is 2. The van der Waals surface area contributed by atoms with E-state index in [0.29, 0.717) is 29.9 Å². The van der Waals surface area contributed by atoms with E-state index in [-0.39, 0.29) is 17.7 Å². The predicted octanol–water partition coefficient (Wildman–Crippen LogP) is 1.29. The van der Waals surface area contributed by atoms with Crippen molar-refractivity contribution in [3.63, 3.8) is 0 Å². The van der Waals surface area contributed by atoms with Crippen molar-refractivity contribution in [2.45, 2.75) is 13.0 Å². The summed E-state index contributed by atoms with van der Waals surface area (Å²) in [6.45, 7) is 2.59. The lowest BCUT2D eigenvalue weighted by molar-refractivity contribution is -0.127. The molecule has 2 N–H and O–H groups in total. The highest BCUT2D eigenvalue weighted by atomic mass is 16.2. The fourth-order valence-corrected chi connectivity index (χ4v) is 2.66. The number of piperazine rings is 1. The van der Waals surface area contributed by atoms with Gasteiger partial charge in [-0.1, -0.05) is 6.07 Å². The van der Waals surface area contributed by atoms with Crippen LogP contribution in [0.1, 0.15) is 27.6 Å². The minimum absolute atomic E-state index is 0.166. The number of carbonyl (C=O) groups excluding carboxylic acids is 3. The number of nitrogens with one attached hydrogen (secondary N) is 2. The van der Waals surface area contributed by atoms with Crippen molar-refractivity contribution in [2.75, 3.05) is 18.4 Å². The number of amides is 3. The Labute approximate surface area is 145 Å². The molecule has 0 bridgehead atoms. The van der Waals surface area contributed by atoms with E-state index in [2.05, 4.69) is 15.6 Å². The first-order chi connectivity index (χ1) is 12.1. The third-order valence-electron chi connectivity index (χ3n) is 4.05. The zero-order valence-corrected chi connectivity index (χ0v) is 13.7. The molecule has 1 aromatic heterocycles. The van der Waals surface area contributed by atoms with Gasteiger partial charge in [0.2, 0.25) is 5.91 Å². The molecule has 7 nitrogen and oxygen atoms in total. The van der Waals surface area contributed by atoms with E-state index in [4.69, 9.17) is 0 Å². The summed E-state index contributed by atoms with van der Waals surface area (Å²) >= 11 is 0. The van der Waals surface area contributed by atoms with Gasteiger partial charge in [-0.25, -0.2) is 0 Å². The molecule has 128 valence electrons. The van der Waals surface area contributed by atoms with Crippen LogP contribution in [0.3, 0.4) is 0 Å². The largest absolute Gasteiger partial charge is 0.353 e. The fraction of sp³-hybridized carbons (Fsp3) is 0.222. The lowest BCUT2D eigenvalue weighted by Crippen LogP contribution is -2.55. The topological polar surface area (TPSA) is 91.4 Å². The Morgan fingerprint density at radius 2 is 2.04 bits per heavy atom. The van der Waals surface area contributed by atoms with Crippen LogP contribution in [0, 0.1) is 0 Å². The first-order valence-corrected chi connectivity index (χ1v) is 7.96. The second-order valence-corrected chi connectivity index (χ2v) is 5.74. The summed E-state index contributed by atoms with van der Waals surface area (Å²) in [5, 5.41) is 5.48. The average Bonchev–Trinajstić information content (AvgIpc) is 2.64. The molecule has 0 saturated carbocycles. The molecule has 0 aliphatic carbocycles. The lowest BCUT2D eigenvalue weighted by Gasteiger charge is -2.32. The van der Waals surface area contributed by atoms with E-state index in [1.807, 2.05) is 0 Å². The highest BCUT2D eigenvalue weighted by molar-refractivity contribution is 6.05. The number of benzene rings is 1. The monoisotopic (exact) mass is 338 g/mol. The molecule has 1 atom stereocenters. The second kappa shape index (κ2) is 7.12. The summed E-state index contributed by atoms with van der Waals surface area (Å²) in [6, 6.07) is 9.49. The molecule has 0 spiro atoms. The summed E-state index contributed by atoms with van der Waals surface area (Å²) in [5.41, 5.74) is 1.36. The van der Waals surface area contributed by atoms with Crippen molar-refractivity contribution < 1.29 is 14.4 Å². The summed E-state index contributed by atoms with van der Waals surface area (Å²) in [4.78, 5) is 42.1. The maximum atomic E-state index is 12.7. The van der Waals surface area contributed by atoms with E-state index < -0.39 is 6.04 Å². The maximum Gasteiger partial charge on any atom is 0.257 e. The van der Waals surface area contributed by atoms with Crippen molar-refractivity contribution in [2.24, 2.45) is 0 Å². The Hall–Kier alpha value is -3.22. The molecular weight excluding hydrogens is 320 g/mol. The average molecular weight is 338 g/mol. The van der Waals surface area contributed by atoms with Crippen LogP contribution in [0.5, 0.6) is 0 Å². The van der Waals surface area contributed by atoms with E-state index in [0.717, 1.165) is 0 Å². The van der Waals surface area contributed by atoms with Crippen molar-refractivity contribution in [1.82, 2.24) is 15.2 Å². The molecule has 1 aliphatic heterocycles. The molecular formula is C18H18N4O3. The molecule has 1 unspecified atom stereocenters. The maximum absolute atomic E-state index is 12.7. The van der Waals surface area contributed by atoms with Gasteiger partial charge in [0.05, 0.1) is 5.56 Å².